The number of hydrogen-bond donors (Lipinski definition) is 1. The van der Waals surface area contributed by atoms with Crippen LogP contribution >= 0.6 is 0 Å². The molecule has 0 radical (unpaired) electrons. The van der Waals surface area contributed by atoms with E-state index in [0.717, 1.165) is 16.8 Å². The summed E-state index contributed by atoms with van der Waals surface area (Å²) in [6, 6.07) is 7.89. The zero-order chi connectivity index (χ0) is 12.6. The highest BCUT2D eigenvalue weighted by Crippen LogP contribution is 2.15. The van der Waals surface area contributed by atoms with Crippen LogP contribution < -0.4 is 0 Å². The lowest BCUT2D eigenvalue weighted by atomic mass is 10.1. The van der Waals surface area contributed by atoms with Crippen molar-refractivity contribution in [2.75, 3.05) is 6.54 Å². The zero-order valence-corrected chi connectivity index (χ0v) is 9.67. The average Bonchev–Trinajstić information content (AvgIpc) is 2.93. The molecule has 0 amide bonds. The van der Waals surface area contributed by atoms with Gasteiger partial charge in [0, 0.05) is 23.4 Å². The number of imidazole rings is 1. The van der Waals surface area contributed by atoms with E-state index in [4.69, 9.17) is 5.53 Å². The van der Waals surface area contributed by atoms with Crippen LogP contribution in [0.15, 0.2) is 41.9 Å². The Morgan fingerprint density at radius 1 is 1.33 bits per heavy atom. The van der Waals surface area contributed by atoms with Gasteiger partial charge in [0.15, 0.2) is 0 Å². The van der Waals surface area contributed by atoms with Crippen LogP contribution in [0.3, 0.4) is 0 Å². The highest BCUT2D eigenvalue weighted by molar-refractivity contribution is 5.59. The summed E-state index contributed by atoms with van der Waals surface area (Å²) in [5.41, 5.74) is 11.1. The van der Waals surface area contributed by atoms with Crippen molar-refractivity contribution in [2.45, 2.75) is 6.42 Å². The summed E-state index contributed by atoms with van der Waals surface area (Å²) >= 11 is 0. The zero-order valence-electron chi connectivity index (χ0n) is 9.67. The maximum Gasteiger partial charge on any atom is 0.0924 e. The fraction of sp³-hybridized carbons (Fsp3) is 0.154. The predicted octanol–water partition coefficient (Wildman–Crippen LogP) is 3.13. The Labute approximate surface area is 105 Å². The third-order valence-corrected chi connectivity index (χ3v) is 2.33. The fourth-order valence-corrected chi connectivity index (χ4v) is 1.46. The summed E-state index contributed by atoms with van der Waals surface area (Å²) < 4.78 is 0. The van der Waals surface area contributed by atoms with Crippen molar-refractivity contribution in [2.24, 2.45) is 5.11 Å². The Bertz CT molecular complexity index is 595. The van der Waals surface area contributed by atoms with E-state index in [0.29, 0.717) is 13.0 Å². The molecule has 2 aromatic rings. The maximum absolute atomic E-state index is 8.11. The van der Waals surface area contributed by atoms with Gasteiger partial charge in [0.05, 0.1) is 18.2 Å². The average molecular weight is 237 g/mol. The molecule has 1 N–H and O–H groups in total. The van der Waals surface area contributed by atoms with E-state index in [9.17, 15) is 0 Å². The van der Waals surface area contributed by atoms with Crippen LogP contribution in [0.1, 0.15) is 12.0 Å². The highest BCUT2D eigenvalue weighted by Gasteiger charge is 1.97. The molecule has 0 aliphatic rings. The minimum Gasteiger partial charge on any atom is -0.345 e. The number of nitrogens with zero attached hydrogens (tertiary/aromatic N) is 4. The quantitative estimate of drug-likeness (QED) is 0.287. The third kappa shape index (κ3) is 3.14. The molecule has 0 saturated heterocycles. The van der Waals surface area contributed by atoms with Gasteiger partial charge in [-0.2, -0.15) is 0 Å². The van der Waals surface area contributed by atoms with Crippen molar-refractivity contribution in [1.82, 2.24) is 9.97 Å². The highest BCUT2D eigenvalue weighted by atomic mass is 15.1. The van der Waals surface area contributed by atoms with Crippen LogP contribution in [-0.4, -0.2) is 16.5 Å². The number of hydrogen-bond acceptors (Lipinski definition) is 2. The molecule has 5 heteroatoms. The Morgan fingerprint density at radius 2 is 2.17 bits per heavy atom. The van der Waals surface area contributed by atoms with Crippen molar-refractivity contribution in [3.63, 3.8) is 0 Å². The van der Waals surface area contributed by atoms with Crippen molar-refractivity contribution >= 4 is 0 Å². The molecule has 0 bridgehead atoms. The van der Waals surface area contributed by atoms with E-state index in [1.807, 2.05) is 24.3 Å². The normalized spacial score (nSPS) is 9.11. The molecule has 2 rings (SSSR count). The Morgan fingerprint density at radius 3 is 2.83 bits per heavy atom. The van der Waals surface area contributed by atoms with Crippen molar-refractivity contribution in [3.8, 4) is 23.1 Å². The first-order chi connectivity index (χ1) is 8.90. The van der Waals surface area contributed by atoms with E-state index in [1.54, 1.807) is 12.5 Å². The molecular formula is C13H11N5. The number of H-pyrrole nitrogens is 1. The van der Waals surface area contributed by atoms with Gasteiger partial charge in [0.1, 0.15) is 0 Å². The molecule has 0 fully saturated rings. The molecule has 1 aromatic heterocycles. The summed E-state index contributed by atoms with van der Waals surface area (Å²) in [7, 11) is 0. The van der Waals surface area contributed by atoms with E-state index in [1.165, 1.54) is 0 Å². The van der Waals surface area contributed by atoms with Gasteiger partial charge in [-0.3, -0.25) is 0 Å². The monoisotopic (exact) mass is 237 g/mol. The number of azide groups is 1. The molecule has 0 saturated carbocycles. The second-order valence-corrected chi connectivity index (χ2v) is 3.55. The van der Waals surface area contributed by atoms with Crippen molar-refractivity contribution in [1.29, 1.82) is 0 Å². The van der Waals surface area contributed by atoms with Crippen LogP contribution in [0.5, 0.6) is 0 Å². The predicted molar refractivity (Wildman–Crippen MR) is 69.5 cm³/mol. The molecule has 88 valence electrons. The van der Waals surface area contributed by atoms with Crippen molar-refractivity contribution in [3.05, 3.63) is 52.8 Å². The summed E-state index contributed by atoms with van der Waals surface area (Å²) in [4.78, 5) is 9.69. The summed E-state index contributed by atoms with van der Waals surface area (Å²) in [5.74, 6) is 5.97. The lowest BCUT2D eigenvalue weighted by molar-refractivity contribution is 1.01. The molecule has 0 unspecified atom stereocenters. The molecule has 0 aliphatic heterocycles. The van der Waals surface area contributed by atoms with Crippen LogP contribution in [0, 0.1) is 11.8 Å². The van der Waals surface area contributed by atoms with E-state index >= 15 is 0 Å². The van der Waals surface area contributed by atoms with Gasteiger partial charge in [-0.25, -0.2) is 4.98 Å². The number of benzene rings is 1. The molecular weight excluding hydrogens is 226 g/mol. The molecule has 0 atom stereocenters. The third-order valence-electron chi connectivity index (χ3n) is 2.33. The molecule has 0 spiro atoms. The maximum atomic E-state index is 8.11. The van der Waals surface area contributed by atoms with Crippen molar-refractivity contribution < 1.29 is 0 Å². The second-order valence-electron chi connectivity index (χ2n) is 3.55. The van der Waals surface area contributed by atoms with Gasteiger partial charge in [-0.1, -0.05) is 29.1 Å². The molecule has 1 aromatic carbocycles. The minimum atomic E-state index is 0.412. The van der Waals surface area contributed by atoms with Gasteiger partial charge in [-0.05, 0) is 23.2 Å². The van der Waals surface area contributed by atoms with Gasteiger partial charge >= 0.3 is 0 Å². The fourth-order valence-electron chi connectivity index (χ4n) is 1.46. The molecule has 0 aliphatic carbocycles. The standard InChI is InChI=1S/C13H11N5/c14-18-17-8-2-1-3-11-4-6-12(7-5-11)13-9-15-10-16-13/h4-7,9-10H,2,8H2,(H,15,16). The topological polar surface area (TPSA) is 77.4 Å². The Balaban J connectivity index is 2.02. The first-order valence-corrected chi connectivity index (χ1v) is 5.48. The lowest BCUT2D eigenvalue weighted by Gasteiger charge is -1.96. The molecule has 1 heterocycles. The number of rotatable bonds is 3. The number of aromatic nitrogens is 2. The number of aromatic amines is 1. The second kappa shape index (κ2) is 6.14. The lowest BCUT2D eigenvalue weighted by Crippen LogP contribution is -1.79. The molecule has 5 nitrogen and oxygen atoms in total. The Hall–Kier alpha value is -2.70. The summed E-state index contributed by atoms with van der Waals surface area (Å²) in [6.45, 7) is 0.412. The van der Waals surface area contributed by atoms with Crippen LogP contribution in [-0.2, 0) is 0 Å². The van der Waals surface area contributed by atoms with E-state index < -0.39 is 0 Å². The number of nitrogens with one attached hydrogen (secondary N) is 1. The SMILES string of the molecule is [N-]=[N+]=NCCC#Cc1ccc(-c2cnc[nH]2)cc1. The van der Waals surface area contributed by atoms with E-state index in [-0.39, 0.29) is 0 Å². The van der Waals surface area contributed by atoms with E-state index in [2.05, 4.69) is 31.8 Å². The Kier molecular flexibility index (Phi) is 4.02. The van der Waals surface area contributed by atoms with Crippen LogP contribution in [0.2, 0.25) is 0 Å². The largest absolute Gasteiger partial charge is 0.345 e. The summed E-state index contributed by atoms with van der Waals surface area (Å²) in [6.07, 6.45) is 4.01. The van der Waals surface area contributed by atoms with Gasteiger partial charge in [-0.15, -0.1) is 0 Å². The first-order valence-electron chi connectivity index (χ1n) is 5.48. The van der Waals surface area contributed by atoms with Crippen LogP contribution in [0.25, 0.3) is 21.7 Å². The van der Waals surface area contributed by atoms with Gasteiger partial charge in [0.2, 0.25) is 0 Å². The van der Waals surface area contributed by atoms with Gasteiger partial charge < -0.3 is 4.98 Å². The molecule has 18 heavy (non-hydrogen) atoms. The van der Waals surface area contributed by atoms with Crippen LogP contribution in [0.4, 0.5) is 0 Å². The van der Waals surface area contributed by atoms with Gasteiger partial charge in [0.25, 0.3) is 0 Å². The summed E-state index contributed by atoms with van der Waals surface area (Å²) in [5, 5.41) is 3.42. The minimum absolute atomic E-state index is 0.412. The first kappa shape index (κ1) is 11.8. The smallest absolute Gasteiger partial charge is 0.0924 e.